The number of hydrogen-bond acceptors (Lipinski definition) is 4. The van der Waals surface area contributed by atoms with Crippen LogP contribution in [0.1, 0.15) is 9.67 Å². The molecule has 21 heavy (non-hydrogen) atoms. The molecule has 0 aliphatic heterocycles. The Bertz CT molecular complexity index is 849. The van der Waals surface area contributed by atoms with Crippen LogP contribution in [0.25, 0.3) is 10.2 Å². The maximum absolute atomic E-state index is 13.4. The molecule has 1 aromatic carbocycles. The van der Waals surface area contributed by atoms with Gasteiger partial charge in [0.05, 0.1) is 10.2 Å². The molecule has 4 nitrogen and oxygen atoms in total. The molecule has 3 rings (SSSR count). The largest absolute Gasteiger partial charge is 0.397 e. The lowest BCUT2D eigenvalue weighted by atomic mass is 10.2. The van der Waals surface area contributed by atoms with Crippen LogP contribution in [0.5, 0.6) is 0 Å². The zero-order chi connectivity index (χ0) is 15.0. The van der Waals surface area contributed by atoms with Crippen molar-refractivity contribution >= 4 is 54.8 Å². The maximum Gasteiger partial charge on any atom is 0.267 e. The number of benzene rings is 1. The molecule has 0 fully saturated rings. The average Bonchev–Trinajstić information content (AvgIpc) is 2.81. The van der Waals surface area contributed by atoms with Crippen molar-refractivity contribution in [3.8, 4) is 0 Å². The number of rotatable bonds is 2. The minimum atomic E-state index is -0.446. The lowest BCUT2D eigenvalue weighted by molar-refractivity contribution is 0.103. The van der Waals surface area contributed by atoms with Crippen molar-refractivity contribution in [3.63, 3.8) is 0 Å². The third-order valence-electron chi connectivity index (χ3n) is 2.89. The second-order valence-electron chi connectivity index (χ2n) is 4.28. The molecule has 2 heterocycles. The van der Waals surface area contributed by atoms with Crippen molar-refractivity contribution in [3.05, 3.63) is 51.7 Å². The van der Waals surface area contributed by atoms with Crippen LogP contribution in [-0.4, -0.2) is 10.9 Å². The van der Waals surface area contributed by atoms with E-state index >= 15 is 0 Å². The first-order valence-corrected chi connectivity index (χ1v) is 7.56. The third kappa shape index (κ3) is 2.62. The fraction of sp³-hybridized carbons (Fsp3) is 0. The number of hydrogen-bond donors (Lipinski definition) is 2. The SMILES string of the molecule is Nc1c(C(=O)Nc2ccc(Br)c(F)c2)sc2ncccc12. The first kappa shape index (κ1) is 14.0. The van der Waals surface area contributed by atoms with Gasteiger partial charge in [0.15, 0.2) is 0 Å². The molecule has 0 atom stereocenters. The van der Waals surface area contributed by atoms with E-state index < -0.39 is 5.82 Å². The van der Waals surface area contributed by atoms with Gasteiger partial charge in [-0.1, -0.05) is 0 Å². The van der Waals surface area contributed by atoms with E-state index in [2.05, 4.69) is 26.2 Å². The fourth-order valence-corrected chi connectivity index (χ4v) is 3.09. The number of nitrogen functional groups attached to an aromatic ring is 1. The van der Waals surface area contributed by atoms with Gasteiger partial charge in [-0.15, -0.1) is 11.3 Å². The Morgan fingerprint density at radius 1 is 1.38 bits per heavy atom. The van der Waals surface area contributed by atoms with Crippen molar-refractivity contribution < 1.29 is 9.18 Å². The highest BCUT2D eigenvalue weighted by molar-refractivity contribution is 9.10. The van der Waals surface area contributed by atoms with Gasteiger partial charge >= 0.3 is 0 Å². The first-order chi connectivity index (χ1) is 10.1. The first-order valence-electron chi connectivity index (χ1n) is 5.95. The van der Waals surface area contributed by atoms with Crippen LogP contribution in [0.2, 0.25) is 0 Å². The van der Waals surface area contributed by atoms with Gasteiger partial charge in [-0.2, -0.15) is 0 Å². The van der Waals surface area contributed by atoms with Crippen molar-refractivity contribution in [2.24, 2.45) is 0 Å². The van der Waals surface area contributed by atoms with Crippen LogP contribution in [-0.2, 0) is 0 Å². The smallest absolute Gasteiger partial charge is 0.267 e. The summed E-state index contributed by atoms with van der Waals surface area (Å²) < 4.78 is 13.8. The number of amides is 1. The van der Waals surface area contributed by atoms with Gasteiger partial charge in [0, 0.05) is 17.3 Å². The maximum atomic E-state index is 13.4. The number of halogens is 2. The average molecular weight is 366 g/mol. The second-order valence-corrected chi connectivity index (χ2v) is 6.14. The van der Waals surface area contributed by atoms with Crippen LogP contribution in [0, 0.1) is 5.82 Å². The van der Waals surface area contributed by atoms with E-state index in [1.165, 1.54) is 23.5 Å². The van der Waals surface area contributed by atoms with E-state index in [0.717, 1.165) is 5.39 Å². The second kappa shape index (κ2) is 5.42. The minimum Gasteiger partial charge on any atom is -0.397 e. The molecule has 3 N–H and O–H groups in total. The number of carbonyl (C=O) groups excluding carboxylic acids is 1. The Morgan fingerprint density at radius 3 is 2.90 bits per heavy atom. The number of anilines is 2. The Morgan fingerprint density at radius 2 is 2.19 bits per heavy atom. The highest BCUT2D eigenvalue weighted by Crippen LogP contribution is 2.32. The van der Waals surface area contributed by atoms with E-state index in [0.29, 0.717) is 25.6 Å². The zero-order valence-corrected chi connectivity index (χ0v) is 13.0. The monoisotopic (exact) mass is 365 g/mol. The van der Waals surface area contributed by atoms with Gasteiger partial charge < -0.3 is 11.1 Å². The molecule has 0 bridgehead atoms. The summed E-state index contributed by atoms with van der Waals surface area (Å²) in [5.41, 5.74) is 6.73. The van der Waals surface area contributed by atoms with E-state index in [1.807, 2.05) is 6.07 Å². The lowest BCUT2D eigenvalue weighted by Gasteiger charge is -2.05. The molecule has 0 radical (unpaired) electrons. The summed E-state index contributed by atoms with van der Waals surface area (Å²) in [7, 11) is 0. The lowest BCUT2D eigenvalue weighted by Crippen LogP contribution is -2.12. The van der Waals surface area contributed by atoms with Crippen LogP contribution in [0.3, 0.4) is 0 Å². The Balaban J connectivity index is 1.93. The van der Waals surface area contributed by atoms with Crippen molar-refractivity contribution in [1.29, 1.82) is 0 Å². The van der Waals surface area contributed by atoms with Crippen molar-refractivity contribution in [2.45, 2.75) is 0 Å². The van der Waals surface area contributed by atoms with Gasteiger partial charge in [0.25, 0.3) is 5.91 Å². The van der Waals surface area contributed by atoms with E-state index in [4.69, 9.17) is 5.73 Å². The molecule has 2 aromatic heterocycles. The molecule has 0 spiro atoms. The third-order valence-corrected chi connectivity index (χ3v) is 4.66. The van der Waals surface area contributed by atoms with E-state index in [1.54, 1.807) is 18.3 Å². The molecule has 7 heteroatoms. The topological polar surface area (TPSA) is 68.0 Å². The highest BCUT2D eigenvalue weighted by atomic mass is 79.9. The quantitative estimate of drug-likeness (QED) is 0.720. The number of nitrogens with two attached hydrogens (primary N) is 1. The summed E-state index contributed by atoms with van der Waals surface area (Å²) in [5.74, 6) is -0.823. The summed E-state index contributed by atoms with van der Waals surface area (Å²) in [5, 5.41) is 3.38. The standard InChI is InChI=1S/C14H9BrFN3OS/c15-9-4-3-7(6-10(9)16)19-13(20)12-11(17)8-2-1-5-18-14(8)21-12/h1-6H,17H2,(H,19,20). The summed E-state index contributed by atoms with van der Waals surface area (Å²) in [4.78, 5) is 17.5. The van der Waals surface area contributed by atoms with Crippen LogP contribution >= 0.6 is 27.3 Å². The molecule has 0 aliphatic rings. The van der Waals surface area contributed by atoms with Crippen LogP contribution < -0.4 is 11.1 Å². The molecule has 0 aliphatic carbocycles. The molecular formula is C14H9BrFN3OS. The summed E-state index contributed by atoms with van der Waals surface area (Å²) in [6, 6.07) is 7.94. The van der Waals surface area contributed by atoms with Crippen molar-refractivity contribution in [2.75, 3.05) is 11.1 Å². The fourth-order valence-electron chi connectivity index (χ4n) is 1.88. The number of fused-ring (bicyclic) bond motifs is 1. The van der Waals surface area contributed by atoms with Crippen molar-refractivity contribution in [1.82, 2.24) is 4.98 Å². The van der Waals surface area contributed by atoms with Gasteiger partial charge in [0.2, 0.25) is 0 Å². The molecule has 0 unspecified atom stereocenters. The zero-order valence-electron chi connectivity index (χ0n) is 10.6. The number of carbonyl (C=O) groups is 1. The molecule has 0 saturated carbocycles. The number of nitrogens with zero attached hydrogens (tertiary/aromatic N) is 1. The molecule has 3 aromatic rings. The predicted octanol–water partition coefficient (Wildman–Crippen LogP) is 4.03. The van der Waals surface area contributed by atoms with Crippen LogP contribution in [0.4, 0.5) is 15.8 Å². The Labute approximate surface area is 131 Å². The highest BCUT2D eigenvalue weighted by Gasteiger charge is 2.17. The number of thiophene rings is 1. The number of pyridine rings is 1. The summed E-state index contributed by atoms with van der Waals surface area (Å²) in [6.45, 7) is 0. The number of nitrogens with one attached hydrogen (secondary N) is 1. The molecule has 0 saturated heterocycles. The molecule has 106 valence electrons. The van der Waals surface area contributed by atoms with Gasteiger partial charge in [-0.3, -0.25) is 4.79 Å². The number of aromatic nitrogens is 1. The summed E-state index contributed by atoms with van der Waals surface area (Å²) >= 11 is 4.27. The van der Waals surface area contributed by atoms with Crippen LogP contribution in [0.15, 0.2) is 41.0 Å². The van der Waals surface area contributed by atoms with E-state index in [-0.39, 0.29) is 5.91 Å². The Hall–Kier alpha value is -1.99. The Kier molecular flexibility index (Phi) is 3.60. The minimum absolute atomic E-state index is 0.339. The van der Waals surface area contributed by atoms with Gasteiger partial charge in [-0.05, 0) is 46.3 Å². The summed E-state index contributed by atoms with van der Waals surface area (Å²) in [6.07, 6.45) is 1.64. The predicted molar refractivity (Wildman–Crippen MR) is 86.1 cm³/mol. The van der Waals surface area contributed by atoms with E-state index in [9.17, 15) is 9.18 Å². The normalized spacial score (nSPS) is 10.8. The van der Waals surface area contributed by atoms with Gasteiger partial charge in [0.1, 0.15) is 15.5 Å². The molecule has 1 amide bonds. The van der Waals surface area contributed by atoms with Gasteiger partial charge in [-0.25, -0.2) is 9.37 Å². The molecular weight excluding hydrogens is 357 g/mol.